The normalized spacial score (nSPS) is 11.3. The fourth-order valence-electron chi connectivity index (χ4n) is 7.62. The number of pyridine rings is 1. The lowest BCUT2D eigenvalue weighted by Crippen LogP contribution is -1.96. The third kappa shape index (κ3) is 5.78. The van der Waals surface area contributed by atoms with Crippen molar-refractivity contribution in [1.29, 1.82) is 0 Å². The molecule has 3 heteroatoms. The van der Waals surface area contributed by atoms with Gasteiger partial charge in [-0.05, 0) is 83.9 Å². The monoisotopic (exact) mass is 687 g/mol. The topological polar surface area (TPSA) is 38.7 Å². The minimum Gasteiger partial charge on any atom is -0.264 e. The highest BCUT2D eigenvalue weighted by molar-refractivity contribution is 6.20. The van der Waals surface area contributed by atoms with E-state index in [-0.39, 0.29) is 0 Å². The number of hydrogen-bond acceptors (Lipinski definition) is 3. The van der Waals surface area contributed by atoms with Crippen LogP contribution < -0.4 is 0 Å². The molecular formula is C51H33N3. The first-order chi connectivity index (χ1) is 26.7. The first-order valence-corrected chi connectivity index (χ1v) is 18.2. The van der Waals surface area contributed by atoms with Crippen LogP contribution in [-0.2, 0) is 0 Å². The molecule has 0 fully saturated rings. The van der Waals surface area contributed by atoms with Crippen LogP contribution in [0.1, 0.15) is 0 Å². The second-order valence-electron chi connectivity index (χ2n) is 13.7. The molecule has 0 N–H and O–H groups in total. The molecule has 0 radical (unpaired) electrons. The SMILES string of the molecule is c1ccc(-c2nc(-c3ccc(-c4ccc(-c5c6ccccc6cc6c5ccc5ccccc56)cc4)cc3)cc(-c3ccc(-c4cccnc4)cc3)n2)cc1. The van der Waals surface area contributed by atoms with Crippen molar-refractivity contribution in [3.63, 3.8) is 0 Å². The molecular weight excluding hydrogens is 655 g/mol. The van der Waals surface area contributed by atoms with Gasteiger partial charge in [-0.25, -0.2) is 9.97 Å². The standard InChI is InChI=1S/C51H33N3/c1-2-10-41(11-3-1)51-53-48(32-49(54-51)39-24-18-36(19-25-39)43-13-8-30-52-33-43)38-22-16-34(17-23-38)35-20-26-40(27-21-35)50-45-15-7-5-12-42(45)31-47-44-14-6-4-9-37(44)28-29-46(47)50/h1-33H. The molecule has 54 heavy (non-hydrogen) atoms. The third-order valence-electron chi connectivity index (χ3n) is 10.4. The maximum atomic E-state index is 5.06. The van der Waals surface area contributed by atoms with Gasteiger partial charge in [-0.1, -0.05) is 170 Å². The molecule has 0 atom stereocenters. The molecule has 10 rings (SSSR count). The summed E-state index contributed by atoms with van der Waals surface area (Å²) in [7, 11) is 0. The van der Waals surface area contributed by atoms with Crippen molar-refractivity contribution in [3.8, 4) is 67.3 Å². The van der Waals surface area contributed by atoms with Gasteiger partial charge in [0.2, 0.25) is 0 Å². The zero-order valence-electron chi connectivity index (χ0n) is 29.4. The van der Waals surface area contributed by atoms with Crippen molar-refractivity contribution >= 4 is 32.3 Å². The molecule has 10 aromatic rings. The molecule has 0 spiro atoms. The Labute approximate surface area is 313 Å². The Kier molecular flexibility index (Phi) is 7.81. The quantitative estimate of drug-likeness (QED) is 0.129. The average molecular weight is 688 g/mol. The van der Waals surface area contributed by atoms with Crippen molar-refractivity contribution in [2.24, 2.45) is 0 Å². The van der Waals surface area contributed by atoms with Gasteiger partial charge in [0.1, 0.15) is 0 Å². The van der Waals surface area contributed by atoms with E-state index in [0.29, 0.717) is 5.82 Å². The van der Waals surface area contributed by atoms with Gasteiger partial charge in [-0.3, -0.25) is 4.98 Å². The Hall–Kier alpha value is -7.23. The van der Waals surface area contributed by atoms with E-state index in [1.807, 2.05) is 30.5 Å². The second-order valence-corrected chi connectivity index (χ2v) is 13.7. The molecule has 0 aliphatic rings. The Morgan fingerprint density at radius 1 is 0.296 bits per heavy atom. The van der Waals surface area contributed by atoms with Crippen molar-refractivity contribution in [3.05, 3.63) is 200 Å². The fraction of sp³-hybridized carbons (Fsp3) is 0. The number of fused-ring (bicyclic) bond motifs is 4. The Bertz CT molecular complexity index is 2940. The summed E-state index contributed by atoms with van der Waals surface area (Å²) in [6.45, 7) is 0. The zero-order valence-corrected chi connectivity index (χ0v) is 29.4. The summed E-state index contributed by atoms with van der Waals surface area (Å²) in [6, 6.07) is 66.8. The van der Waals surface area contributed by atoms with Gasteiger partial charge in [0.05, 0.1) is 11.4 Å². The predicted octanol–water partition coefficient (Wildman–Crippen LogP) is 13.3. The van der Waals surface area contributed by atoms with Crippen molar-refractivity contribution in [2.75, 3.05) is 0 Å². The first kappa shape index (κ1) is 31.5. The summed E-state index contributed by atoms with van der Waals surface area (Å²) in [5.41, 5.74) is 11.8. The molecule has 0 aliphatic carbocycles. The first-order valence-electron chi connectivity index (χ1n) is 18.2. The summed E-state index contributed by atoms with van der Waals surface area (Å²) in [6.07, 6.45) is 3.68. The maximum Gasteiger partial charge on any atom is 0.160 e. The second kappa shape index (κ2) is 13.4. The summed E-state index contributed by atoms with van der Waals surface area (Å²) in [5, 5.41) is 7.61. The average Bonchev–Trinajstić information content (AvgIpc) is 3.26. The van der Waals surface area contributed by atoms with Gasteiger partial charge in [0.15, 0.2) is 5.82 Å². The van der Waals surface area contributed by atoms with Crippen LogP contribution in [0.2, 0.25) is 0 Å². The molecule has 0 amide bonds. The van der Waals surface area contributed by atoms with E-state index >= 15 is 0 Å². The van der Waals surface area contributed by atoms with Gasteiger partial charge in [-0.15, -0.1) is 0 Å². The maximum absolute atomic E-state index is 5.06. The number of nitrogens with zero attached hydrogens (tertiary/aromatic N) is 3. The highest BCUT2D eigenvalue weighted by Crippen LogP contribution is 2.40. The lowest BCUT2D eigenvalue weighted by atomic mass is 9.89. The van der Waals surface area contributed by atoms with Crippen molar-refractivity contribution in [1.82, 2.24) is 15.0 Å². The van der Waals surface area contributed by atoms with Gasteiger partial charge in [0.25, 0.3) is 0 Å². The molecule has 0 saturated carbocycles. The van der Waals surface area contributed by atoms with E-state index in [1.165, 1.54) is 49.0 Å². The van der Waals surface area contributed by atoms with Gasteiger partial charge in [0, 0.05) is 29.1 Å². The molecule has 0 saturated heterocycles. The van der Waals surface area contributed by atoms with Crippen LogP contribution >= 0.6 is 0 Å². The highest BCUT2D eigenvalue weighted by Gasteiger charge is 2.14. The Balaban J connectivity index is 1.000. The van der Waals surface area contributed by atoms with Gasteiger partial charge in [-0.2, -0.15) is 0 Å². The molecule has 252 valence electrons. The molecule has 8 aromatic carbocycles. The van der Waals surface area contributed by atoms with Crippen LogP contribution in [0.25, 0.3) is 99.6 Å². The van der Waals surface area contributed by atoms with E-state index in [9.17, 15) is 0 Å². The molecule has 0 bridgehead atoms. The van der Waals surface area contributed by atoms with Crippen molar-refractivity contribution in [2.45, 2.75) is 0 Å². The van der Waals surface area contributed by atoms with Gasteiger partial charge >= 0.3 is 0 Å². The number of rotatable bonds is 6. The lowest BCUT2D eigenvalue weighted by molar-refractivity contribution is 1.18. The number of hydrogen-bond donors (Lipinski definition) is 0. The van der Waals surface area contributed by atoms with E-state index in [1.54, 1.807) is 6.20 Å². The molecule has 2 aromatic heterocycles. The van der Waals surface area contributed by atoms with Crippen LogP contribution in [0, 0.1) is 0 Å². The van der Waals surface area contributed by atoms with E-state index < -0.39 is 0 Å². The minimum atomic E-state index is 0.702. The molecule has 3 nitrogen and oxygen atoms in total. The Morgan fingerprint density at radius 3 is 1.48 bits per heavy atom. The lowest BCUT2D eigenvalue weighted by Gasteiger charge is -2.14. The molecule has 0 aliphatic heterocycles. The van der Waals surface area contributed by atoms with Crippen LogP contribution in [-0.4, -0.2) is 15.0 Å². The summed E-state index contributed by atoms with van der Waals surface area (Å²) in [4.78, 5) is 14.4. The van der Waals surface area contributed by atoms with E-state index in [4.69, 9.17) is 9.97 Å². The summed E-state index contributed by atoms with van der Waals surface area (Å²) < 4.78 is 0. The number of benzene rings is 8. The fourth-order valence-corrected chi connectivity index (χ4v) is 7.62. The van der Waals surface area contributed by atoms with Crippen LogP contribution in [0.15, 0.2) is 200 Å². The smallest absolute Gasteiger partial charge is 0.160 e. The van der Waals surface area contributed by atoms with E-state index in [2.05, 4.69) is 169 Å². The molecule has 2 heterocycles. The predicted molar refractivity (Wildman–Crippen MR) is 225 cm³/mol. The summed E-state index contributed by atoms with van der Waals surface area (Å²) >= 11 is 0. The molecule has 0 unspecified atom stereocenters. The number of aromatic nitrogens is 3. The van der Waals surface area contributed by atoms with Crippen molar-refractivity contribution < 1.29 is 0 Å². The van der Waals surface area contributed by atoms with Crippen LogP contribution in [0.4, 0.5) is 0 Å². The van der Waals surface area contributed by atoms with Gasteiger partial charge < -0.3 is 0 Å². The van der Waals surface area contributed by atoms with E-state index in [0.717, 1.165) is 44.8 Å². The van der Waals surface area contributed by atoms with Crippen LogP contribution in [0.5, 0.6) is 0 Å². The minimum absolute atomic E-state index is 0.702. The Morgan fingerprint density at radius 2 is 0.833 bits per heavy atom. The summed E-state index contributed by atoms with van der Waals surface area (Å²) in [5.74, 6) is 0.702. The van der Waals surface area contributed by atoms with Crippen LogP contribution in [0.3, 0.4) is 0 Å². The third-order valence-corrected chi connectivity index (χ3v) is 10.4. The highest BCUT2D eigenvalue weighted by atomic mass is 14.9. The largest absolute Gasteiger partial charge is 0.264 e. The zero-order chi connectivity index (χ0) is 35.8.